The first-order valence-electron chi connectivity index (χ1n) is 11.0. The molecule has 0 bridgehead atoms. The predicted octanol–water partition coefficient (Wildman–Crippen LogP) is 2.46. The molecule has 5 rings (SSSR count). The van der Waals surface area contributed by atoms with Gasteiger partial charge in [-0.15, -0.1) is 0 Å². The lowest BCUT2D eigenvalue weighted by Gasteiger charge is -2.58. The average molecular weight is 441 g/mol. The van der Waals surface area contributed by atoms with Crippen molar-refractivity contribution in [2.45, 2.75) is 18.0 Å². The number of fused-ring (bicyclic) bond motifs is 1. The smallest absolute Gasteiger partial charge is 0.274 e. The van der Waals surface area contributed by atoms with Gasteiger partial charge in [-0.05, 0) is 16.7 Å². The number of carbonyl (C=O) groups is 2. The zero-order valence-corrected chi connectivity index (χ0v) is 18.0. The van der Waals surface area contributed by atoms with E-state index in [1.165, 1.54) is 23.5 Å². The fourth-order valence-electron chi connectivity index (χ4n) is 4.81. The van der Waals surface area contributed by atoms with Crippen molar-refractivity contribution < 1.29 is 14.7 Å². The van der Waals surface area contributed by atoms with Crippen molar-refractivity contribution >= 4 is 24.0 Å². The topological polar surface area (TPSA) is 86.6 Å². The number of nitrogens with zero attached hydrogens (tertiary/aromatic N) is 4. The van der Waals surface area contributed by atoms with Crippen LogP contribution in [0.25, 0.3) is 12.2 Å². The van der Waals surface area contributed by atoms with Gasteiger partial charge in [-0.1, -0.05) is 66.7 Å². The Labute approximate surface area is 192 Å². The van der Waals surface area contributed by atoms with Gasteiger partial charge in [-0.3, -0.25) is 14.6 Å². The molecule has 7 nitrogen and oxygen atoms in total. The monoisotopic (exact) mass is 440 g/mol. The molecule has 2 amide bonds. The van der Waals surface area contributed by atoms with Crippen LogP contribution in [0.5, 0.6) is 0 Å². The fraction of sp³-hybridized carbons (Fsp3) is 0.231. The van der Waals surface area contributed by atoms with Gasteiger partial charge in [-0.2, -0.15) is 0 Å². The molecule has 1 aromatic heterocycles. The Balaban J connectivity index is 1.34. The van der Waals surface area contributed by atoms with E-state index in [0.717, 1.165) is 16.7 Å². The highest BCUT2D eigenvalue weighted by molar-refractivity contribution is 5.96. The first-order valence-corrected chi connectivity index (χ1v) is 11.0. The number of amides is 2. The molecule has 0 saturated carbocycles. The molecule has 3 atom stereocenters. The third kappa shape index (κ3) is 4.03. The summed E-state index contributed by atoms with van der Waals surface area (Å²) in [5.74, 6) is -0.492. The molecule has 2 fully saturated rings. The molecule has 0 radical (unpaired) electrons. The zero-order chi connectivity index (χ0) is 22.8. The van der Waals surface area contributed by atoms with Crippen molar-refractivity contribution in [2.75, 3.05) is 19.7 Å². The van der Waals surface area contributed by atoms with Crippen LogP contribution in [-0.4, -0.2) is 68.5 Å². The van der Waals surface area contributed by atoms with E-state index in [1.54, 1.807) is 4.90 Å². The summed E-state index contributed by atoms with van der Waals surface area (Å²) >= 11 is 0. The first-order chi connectivity index (χ1) is 16.2. The number of benzene rings is 2. The molecule has 3 aromatic rings. The Hall–Kier alpha value is -3.84. The molecule has 0 spiro atoms. The van der Waals surface area contributed by atoms with Crippen LogP contribution >= 0.6 is 0 Å². The van der Waals surface area contributed by atoms with Gasteiger partial charge in [0.25, 0.3) is 5.91 Å². The maximum atomic E-state index is 12.8. The summed E-state index contributed by atoms with van der Waals surface area (Å²) in [5.41, 5.74) is 3.47. The highest BCUT2D eigenvalue weighted by atomic mass is 16.3. The summed E-state index contributed by atoms with van der Waals surface area (Å²) in [4.78, 5) is 36.9. The average Bonchev–Trinajstić information content (AvgIpc) is 2.85. The van der Waals surface area contributed by atoms with Gasteiger partial charge in [0.05, 0.1) is 24.9 Å². The minimum atomic E-state index is -0.302. The van der Waals surface area contributed by atoms with Gasteiger partial charge >= 0.3 is 0 Å². The van der Waals surface area contributed by atoms with E-state index < -0.39 is 0 Å². The highest BCUT2D eigenvalue weighted by Gasteiger charge is 2.54. The second-order valence-corrected chi connectivity index (χ2v) is 8.33. The molecule has 166 valence electrons. The Kier molecular flexibility index (Phi) is 5.71. The van der Waals surface area contributed by atoms with E-state index >= 15 is 0 Å². The van der Waals surface area contributed by atoms with E-state index in [-0.39, 0.29) is 48.7 Å². The molecule has 2 aliphatic rings. The molecule has 7 heteroatoms. The van der Waals surface area contributed by atoms with Gasteiger partial charge in [0, 0.05) is 24.9 Å². The van der Waals surface area contributed by atoms with E-state index in [4.69, 9.17) is 0 Å². The fourth-order valence-corrected chi connectivity index (χ4v) is 4.81. The third-order valence-electron chi connectivity index (χ3n) is 6.41. The summed E-state index contributed by atoms with van der Waals surface area (Å²) in [7, 11) is 0. The standard InChI is InChI=1S/C26H24N4O3/c31-17-23-25(20-10-8-19(9-11-20)7-6-18-4-2-1-3-5-18)22-15-29(16-24(32)30(22)23)26(33)21-14-27-12-13-28-21/h1-14,22-23,25,31H,15-17H2/t22-,23+,25+/m1/s1. The van der Waals surface area contributed by atoms with E-state index in [0.29, 0.717) is 6.54 Å². The van der Waals surface area contributed by atoms with Crippen LogP contribution in [0.2, 0.25) is 0 Å². The van der Waals surface area contributed by atoms with Crippen LogP contribution < -0.4 is 0 Å². The maximum absolute atomic E-state index is 12.8. The third-order valence-corrected chi connectivity index (χ3v) is 6.41. The van der Waals surface area contributed by atoms with Gasteiger partial charge in [-0.25, -0.2) is 4.98 Å². The molecule has 3 heterocycles. The van der Waals surface area contributed by atoms with E-state index in [1.807, 2.05) is 54.6 Å². The number of aliphatic hydroxyl groups excluding tert-OH is 1. The summed E-state index contributed by atoms with van der Waals surface area (Å²) < 4.78 is 0. The van der Waals surface area contributed by atoms with Crippen LogP contribution in [0.3, 0.4) is 0 Å². The number of rotatable bonds is 5. The number of carbonyl (C=O) groups excluding carboxylic acids is 2. The summed E-state index contributed by atoms with van der Waals surface area (Å²) in [6.45, 7) is 0.275. The second kappa shape index (κ2) is 8.96. The zero-order valence-electron chi connectivity index (χ0n) is 18.0. The quantitative estimate of drug-likeness (QED) is 0.616. The van der Waals surface area contributed by atoms with Crippen LogP contribution in [0, 0.1) is 0 Å². The van der Waals surface area contributed by atoms with Crippen molar-refractivity contribution in [1.29, 1.82) is 0 Å². The first kappa shape index (κ1) is 21.0. The molecule has 33 heavy (non-hydrogen) atoms. The number of aromatic nitrogens is 2. The molecule has 2 saturated heterocycles. The summed E-state index contributed by atoms with van der Waals surface area (Å²) in [6.07, 6.45) is 8.50. The van der Waals surface area contributed by atoms with Gasteiger partial charge in [0.2, 0.25) is 5.91 Å². The predicted molar refractivity (Wildman–Crippen MR) is 124 cm³/mol. The highest BCUT2D eigenvalue weighted by Crippen LogP contribution is 2.43. The largest absolute Gasteiger partial charge is 0.394 e. The van der Waals surface area contributed by atoms with Crippen molar-refractivity contribution in [3.05, 3.63) is 95.6 Å². The minimum Gasteiger partial charge on any atom is -0.394 e. The minimum absolute atomic E-state index is 0.0155. The lowest BCUT2D eigenvalue weighted by atomic mass is 9.73. The van der Waals surface area contributed by atoms with Crippen LogP contribution in [0.1, 0.15) is 33.1 Å². The number of piperazine rings is 1. The molecule has 0 aliphatic carbocycles. The molecule has 2 aliphatic heterocycles. The van der Waals surface area contributed by atoms with Crippen LogP contribution in [-0.2, 0) is 4.79 Å². The molecular weight excluding hydrogens is 416 g/mol. The Morgan fingerprint density at radius 2 is 1.76 bits per heavy atom. The van der Waals surface area contributed by atoms with Crippen molar-refractivity contribution in [1.82, 2.24) is 19.8 Å². The Bertz CT molecular complexity index is 1170. The number of aliphatic hydroxyl groups is 1. The molecule has 0 unspecified atom stereocenters. The van der Waals surface area contributed by atoms with E-state index in [2.05, 4.69) is 22.1 Å². The molecule has 2 aromatic carbocycles. The second-order valence-electron chi connectivity index (χ2n) is 8.33. The van der Waals surface area contributed by atoms with Gasteiger partial charge < -0.3 is 14.9 Å². The molecule has 1 N–H and O–H groups in total. The van der Waals surface area contributed by atoms with Crippen LogP contribution in [0.15, 0.2) is 73.2 Å². The van der Waals surface area contributed by atoms with E-state index in [9.17, 15) is 14.7 Å². The lowest BCUT2D eigenvalue weighted by Crippen LogP contribution is -2.73. The number of hydrogen-bond donors (Lipinski definition) is 1. The Morgan fingerprint density at radius 1 is 1.03 bits per heavy atom. The van der Waals surface area contributed by atoms with Crippen molar-refractivity contribution in [2.24, 2.45) is 0 Å². The van der Waals surface area contributed by atoms with Crippen molar-refractivity contribution in [3.8, 4) is 0 Å². The lowest BCUT2D eigenvalue weighted by molar-refractivity contribution is -0.159. The normalized spacial score (nSPS) is 22.2. The summed E-state index contributed by atoms with van der Waals surface area (Å²) in [5, 5.41) is 9.99. The Morgan fingerprint density at radius 3 is 2.42 bits per heavy atom. The van der Waals surface area contributed by atoms with Gasteiger partial charge in [0.15, 0.2) is 0 Å². The van der Waals surface area contributed by atoms with Crippen LogP contribution in [0.4, 0.5) is 0 Å². The molecular formula is C26H24N4O3. The summed E-state index contributed by atoms with van der Waals surface area (Å²) in [6, 6.07) is 17.8. The SMILES string of the molecule is O=C(c1cnccn1)N1CC(=O)N2[C@H](C1)[C@H](c1ccc(C=Cc3ccccc3)cc1)[C@@H]2CO. The van der Waals surface area contributed by atoms with Gasteiger partial charge in [0.1, 0.15) is 12.2 Å². The number of hydrogen-bond acceptors (Lipinski definition) is 5. The van der Waals surface area contributed by atoms with Crippen molar-refractivity contribution in [3.63, 3.8) is 0 Å². The maximum Gasteiger partial charge on any atom is 0.274 e.